The van der Waals surface area contributed by atoms with Gasteiger partial charge in [-0.15, -0.1) is 0 Å². The number of halogens is 1. The lowest BCUT2D eigenvalue weighted by Crippen LogP contribution is -2.45. The van der Waals surface area contributed by atoms with Crippen molar-refractivity contribution in [3.63, 3.8) is 0 Å². The Balaban J connectivity index is 1.90. The van der Waals surface area contributed by atoms with Gasteiger partial charge in [-0.1, -0.05) is 41.9 Å². The highest BCUT2D eigenvalue weighted by Crippen LogP contribution is 2.35. The normalized spacial score (nSPS) is 16.4. The minimum absolute atomic E-state index is 0.257. The second-order valence-electron chi connectivity index (χ2n) is 6.23. The summed E-state index contributed by atoms with van der Waals surface area (Å²) in [5.41, 5.74) is 1.39. The molecule has 2 aromatic rings. The van der Waals surface area contributed by atoms with Gasteiger partial charge in [-0.3, -0.25) is 19.4 Å². The van der Waals surface area contributed by atoms with Crippen molar-refractivity contribution in [2.24, 2.45) is 4.99 Å². The van der Waals surface area contributed by atoms with Crippen LogP contribution in [0.3, 0.4) is 0 Å². The van der Waals surface area contributed by atoms with Gasteiger partial charge in [0, 0.05) is 24.7 Å². The van der Waals surface area contributed by atoms with Crippen LogP contribution < -0.4 is 4.90 Å². The summed E-state index contributed by atoms with van der Waals surface area (Å²) < 4.78 is 4.59. The first-order valence-corrected chi connectivity index (χ1v) is 9.21. The largest absolute Gasteiger partial charge is 0.469 e. The summed E-state index contributed by atoms with van der Waals surface area (Å²) in [4.78, 5) is 42.7. The lowest BCUT2D eigenvalue weighted by Gasteiger charge is -2.31. The van der Waals surface area contributed by atoms with Gasteiger partial charge in [-0.05, 0) is 30.2 Å². The SMILES string of the molecule is COC(=O)CCCN=CC1C(=O)N(c2ccccc2Cl)C(=O)c2ccccc21. The number of carbonyl (C=O) groups excluding carboxylic acids is 3. The minimum Gasteiger partial charge on any atom is -0.469 e. The van der Waals surface area contributed by atoms with E-state index in [1.54, 1.807) is 48.5 Å². The van der Waals surface area contributed by atoms with Crippen LogP contribution in [-0.4, -0.2) is 37.7 Å². The van der Waals surface area contributed by atoms with E-state index in [-0.39, 0.29) is 12.4 Å². The van der Waals surface area contributed by atoms with Gasteiger partial charge in [0.1, 0.15) is 0 Å². The molecule has 0 saturated heterocycles. The van der Waals surface area contributed by atoms with E-state index in [0.717, 1.165) is 4.90 Å². The average Bonchev–Trinajstić information content (AvgIpc) is 2.71. The fourth-order valence-electron chi connectivity index (χ4n) is 3.06. The predicted octanol–water partition coefficient (Wildman–Crippen LogP) is 3.63. The molecule has 1 atom stereocenters. The molecular formula is C21H19ClN2O4. The van der Waals surface area contributed by atoms with Crippen LogP contribution in [-0.2, 0) is 14.3 Å². The number of amides is 2. The summed E-state index contributed by atoms with van der Waals surface area (Å²) in [5, 5.41) is 0.317. The quantitative estimate of drug-likeness (QED) is 0.322. The van der Waals surface area contributed by atoms with Gasteiger partial charge in [0.2, 0.25) is 5.91 Å². The molecule has 28 heavy (non-hydrogen) atoms. The van der Waals surface area contributed by atoms with Crippen molar-refractivity contribution < 1.29 is 19.1 Å². The van der Waals surface area contributed by atoms with Crippen LogP contribution in [0.15, 0.2) is 53.5 Å². The number of anilines is 1. The molecule has 0 aliphatic carbocycles. The zero-order chi connectivity index (χ0) is 20.1. The monoisotopic (exact) mass is 398 g/mol. The van der Waals surface area contributed by atoms with Crippen molar-refractivity contribution in [1.82, 2.24) is 0 Å². The van der Waals surface area contributed by atoms with E-state index in [4.69, 9.17) is 11.6 Å². The summed E-state index contributed by atoms with van der Waals surface area (Å²) in [6, 6.07) is 13.7. The Morgan fingerprint density at radius 2 is 1.89 bits per heavy atom. The summed E-state index contributed by atoms with van der Waals surface area (Å²) in [5.74, 6) is -1.83. The third-order valence-electron chi connectivity index (χ3n) is 4.46. The second-order valence-corrected chi connectivity index (χ2v) is 6.64. The molecule has 0 fully saturated rings. The second kappa shape index (κ2) is 8.80. The lowest BCUT2D eigenvalue weighted by atomic mass is 9.89. The summed E-state index contributed by atoms with van der Waals surface area (Å²) in [7, 11) is 1.34. The highest BCUT2D eigenvalue weighted by molar-refractivity contribution is 6.37. The Morgan fingerprint density at radius 3 is 2.64 bits per heavy atom. The number of methoxy groups -OCH3 is 1. The van der Waals surface area contributed by atoms with E-state index in [1.807, 2.05) is 0 Å². The lowest BCUT2D eigenvalue weighted by molar-refractivity contribution is -0.140. The van der Waals surface area contributed by atoms with Crippen molar-refractivity contribution in [3.8, 4) is 0 Å². The molecule has 0 N–H and O–H groups in total. The molecule has 1 aliphatic rings. The molecule has 6 nitrogen and oxygen atoms in total. The molecule has 1 heterocycles. The number of fused-ring (bicyclic) bond motifs is 1. The van der Waals surface area contributed by atoms with Gasteiger partial charge in [0.25, 0.3) is 5.91 Å². The van der Waals surface area contributed by atoms with Crippen molar-refractivity contribution in [2.75, 3.05) is 18.6 Å². The number of nitrogens with zero attached hydrogens (tertiary/aromatic N) is 2. The maximum atomic E-state index is 13.2. The summed E-state index contributed by atoms with van der Waals surface area (Å²) in [6.45, 7) is 0.376. The Labute approximate surface area is 167 Å². The zero-order valence-electron chi connectivity index (χ0n) is 15.3. The Kier molecular flexibility index (Phi) is 6.21. The Hall–Kier alpha value is -2.99. The zero-order valence-corrected chi connectivity index (χ0v) is 16.1. The molecule has 0 aromatic heterocycles. The minimum atomic E-state index is -0.705. The van der Waals surface area contributed by atoms with Gasteiger partial charge in [-0.2, -0.15) is 0 Å². The van der Waals surface area contributed by atoms with Crippen LogP contribution in [0.4, 0.5) is 5.69 Å². The third kappa shape index (κ3) is 3.97. The van der Waals surface area contributed by atoms with Gasteiger partial charge >= 0.3 is 5.97 Å². The molecule has 1 unspecified atom stereocenters. The molecule has 7 heteroatoms. The highest BCUT2D eigenvalue weighted by Gasteiger charge is 2.39. The molecular weight excluding hydrogens is 380 g/mol. The van der Waals surface area contributed by atoms with Crippen molar-refractivity contribution >= 4 is 41.3 Å². The van der Waals surface area contributed by atoms with Crippen LogP contribution in [0.25, 0.3) is 0 Å². The standard InChI is InChI=1S/C21H19ClN2O4/c1-28-19(25)11-6-12-23-13-16-14-7-2-3-8-15(14)20(26)24(21(16)27)18-10-5-4-9-17(18)22/h2-5,7-10,13,16H,6,11-12H2,1H3. The van der Waals surface area contributed by atoms with E-state index in [2.05, 4.69) is 9.73 Å². The number of imide groups is 1. The molecule has 144 valence electrons. The fourth-order valence-corrected chi connectivity index (χ4v) is 3.28. The first-order chi connectivity index (χ1) is 13.5. The smallest absolute Gasteiger partial charge is 0.305 e. The van der Waals surface area contributed by atoms with Gasteiger partial charge in [0.15, 0.2) is 0 Å². The number of benzene rings is 2. The highest BCUT2D eigenvalue weighted by atomic mass is 35.5. The van der Waals surface area contributed by atoms with Crippen LogP contribution in [0.2, 0.25) is 5.02 Å². The number of rotatable bonds is 6. The van der Waals surface area contributed by atoms with Crippen LogP contribution in [0, 0.1) is 0 Å². The molecule has 0 saturated carbocycles. The molecule has 1 aliphatic heterocycles. The molecule has 0 bridgehead atoms. The van der Waals surface area contributed by atoms with Gasteiger partial charge in [-0.25, -0.2) is 4.90 Å². The maximum absolute atomic E-state index is 13.2. The van der Waals surface area contributed by atoms with Crippen molar-refractivity contribution in [2.45, 2.75) is 18.8 Å². The van der Waals surface area contributed by atoms with Crippen LogP contribution in [0.1, 0.15) is 34.7 Å². The Bertz CT molecular complexity index is 942. The molecule has 0 radical (unpaired) electrons. The fraction of sp³-hybridized carbons (Fsp3) is 0.238. The first kappa shape index (κ1) is 19.8. The predicted molar refractivity (Wildman–Crippen MR) is 107 cm³/mol. The molecule has 0 spiro atoms. The number of carbonyl (C=O) groups is 3. The summed E-state index contributed by atoms with van der Waals surface area (Å²) >= 11 is 6.23. The average molecular weight is 399 g/mol. The number of hydrogen-bond acceptors (Lipinski definition) is 5. The number of esters is 1. The molecule has 2 aromatic carbocycles. The Morgan fingerprint density at radius 1 is 1.18 bits per heavy atom. The van der Waals surface area contributed by atoms with Crippen molar-refractivity contribution in [1.29, 1.82) is 0 Å². The van der Waals surface area contributed by atoms with Gasteiger partial charge in [0.05, 0.1) is 23.7 Å². The number of para-hydroxylation sites is 1. The van der Waals surface area contributed by atoms with E-state index >= 15 is 0 Å². The van der Waals surface area contributed by atoms with Crippen molar-refractivity contribution in [3.05, 3.63) is 64.7 Å². The van der Waals surface area contributed by atoms with E-state index in [1.165, 1.54) is 13.3 Å². The maximum Gasteiger partial charge on any atom is 0.305 e. The van der Waals surface area contributed by atoms with E-state index in [0.29, 0.717) is 34.8 Å². The number of hydrogen-bond donors (Lipinski definition) is 0. The van der Waals surface area contributed by atoms with Crippen LogP contribution >= 0.6 is 11.6 Å². The molecule has 3 rings (SSSR count). The molecule has 2 amide bonds. The first-order valence-electron chi connectivity index (χ1n) is 8.83. The number of ether oxygens (including phenoxy) is 1. The third-order valence-corrected chi connectivity index (χ3v) is 4.78. The topological polar surface area (TPSA) is 76.0 Å². The van der Waals surface area contributed by atoms with Gasteiger partial charge < -0.3 is 4.74 Å². The summed E-state index contributed by atoms with van der Waals surface area (Å²) in [6.07, 6.45) is 2.31. The van der Waals surface area contributed by atoms with Crippen LogP contribution in [0.5, 0.6) is 0 Å². The number of aliphatic imine (C=N–C) groups is 1. The van der Waals surface area contributed by atoms with E-state index in [9.17, 15) is 14.4 Å². The van der Waals surface area contributed by atoms with E-state index < -0.39 is 17.7 Å².